The van der Waals surface area contributed by atoms with Crippen LogP contribution in [0.2, 0.25) is 0 Å². The molecular formula is C18H22N8O. The Morgan fingerprint density at radius 2 is 2.30 bits per heavy atom. The molecule has 0 bridgehead atoms. The molecule has 3 aromatic rings. The third-order valence-electron chi connectivity index (χ3n) is 4.68. The van der Waals surface area contributed by atoms with Crippen molar-refractivity contribution < 1.29 is 4.79 Å². The highest BCUT2D eigenvalue weighted by molar-refractivity contribution is 5.74. The third-order valence-corrected chi connectivity index (χ3v) is 4.68. The van der Waals surface area contributed by atoms with E-state index < -0.39 is 0 Å². The predicted molar refractivity (Wildman–Crippen MR) is 98.7 cm³/mol. The molecule has 140 valence electrons. The Bertz CT molecular complexity index is 861. The average molecular weight is 366 g/mol. The number of nitrogens with zero attached hydrogens (tertiary/aromatic N) is 6. The van der Waals surface area contributed by atoms with E-state index in [0.717, 1.165) is 37.3 Å². The lowest BCUT2D eigenvalue weighted by Gasteiger charge is -2.24. The van der Waals surface area contributed by atoms with E-state index in [1.807, 2.05) is 34.0 Å². The number of rotatable bonds is 6. The van der Waals surface area contributed by atoms with Gasteiger partial charge in [0.2, 0.25) is 0 Å². The number of likely N-dealkylation sites (tertiary alicyclic amines) is 1. The summed E-state index contributed by atoms with van der Waals surface area (Å²) in [6.45, 7) is 2.02. The van der Waals surface area contributed by atoms with Gasteiger partial charge in [0.25, 0.3) is 0 Å². The smallest absolute Gasteiger partial charge is 0.317 e. The normalized spacial score (nSPS) is 16.6. The van der Waals surface area contributed by atoms with E-state index in [-0.39, 0.29) is 12.1 Å². The Balaban J connectivity index is 1.27. The summed E-state index contributed by atoms with van der Waals surface area (Å²) in [4.78, 5) is 23.0. The molecule has 4 rings (SSSR count). The number of nitrogens with one attached hydrogen (secondary N) is 2. The highest BCUT2D eigenvalue weighted by Gasteiger charge is 2.28. The van der Waals surface area contributed by atoms with Crippen molar-refractivity contribution in [1.29, 1.82) is 0 Å². The van der Waals surface area contributed by atoms with Crippen LogP contribution in [-0.2, 0) is 13.0 Å². The minimum Gasteiger partial charge on any atom is -0.338 e. The highest BCUT2D eigenvalue weighted by Crippen LogP contribution is 2.18. The van der Waals surface area contributed by atoms with Crippen molar-refractivity contribution in [3.63, 3.8) is 0 Å². The molecule has 1 unspecified atom stereocenters. The third kappa shape index (κ3) is 4.13. The SMILES string of the molecule is O=C(NCCc1nc(-c2cccnc2)n[nH]1)N1CCCC1Cn1cccn1. The molecule has 9 heteroatoms. The van der Waals surface area contributed by atoms with E-state index in [0.29, 0.717) is 18.8 Å². The minimum atomic E-state index is -0.0309. The van der Waals surface area contributed by atoms with Gasteiger partial charge in [0.15, 0.2) is 5.82 Å². The Morgan fingerprint density at radius 1 is 1.33 bits per heavy atom. The van der Waals surface area contributed by atoms with Gasteiger partial charge in [-0.15, -0.1) is 0 Å². The topological polar surface area (TPSA) is 105 Å². The van der Waals surface area contributed by atoms with Crippen molar-refractivity contribution >= 4 is 6.03 Å². The molecule has 1 aliphatic heterocycles. The first-order valence-corrected chi connectivity index (χ1v) is 9.13. The summed E-state index contributed by atoms with van der Waals surface area (Å²) in [5, 5.41) is 14.4. The van der Waals surface area contributed by atoms with E-state index >= 15 is 0 Å². The van der Waals surface area contributed by atoms with Crippen molar-refractivity contribution in [2.24, 2.45) is 0 Å². The molecule has 0 aromatic carbocycles. The summed E-state index contributed by atoms with van der Waals surface area (Å²) >= 11 is 0. The molecule has 1 fully saturated rings. The molecule has 3 aromatic heterocycles. The van der Waals surface area contributed by atoms with Crippen LogP contribution >= 0.6 is 0 Å². The molecule has 0 spiro atoms. The molecule has 9 nitrogen and oxygen atoms in total. The maximum Gasteiger partial charge on any atom is 0.317 e. The second kappa shape index (κ2) is 7.98. The van der Waals surface area contributed by atoms with Crippen molar-refractivity contribution in [2.75, 3.05) is 13.1 Å². The maximum atomic E-state index is 12.5. The number of urea groups is 1. The number of aromatic nitrogens is 6. The van der Waals surface area contributed by atoms with E-state index in [1.54, 1.807) is 18.6 Å². The Morgan fingerprint density at radius 3 is 3.11 bits per heavy atom. The molecule has 0 radical (unpaired) electrons. The maximum absolute atomic E-state index is 12.5. The van der Waals surface area contributed by atoms with Crippen molar-refractivity contribution in [1.82, 2.24) is 40.2 Å². The molecule has 1 aliphatic rings. The largest absolute Gasteiger partial charge is 0.338 e. The summed E-state index contributed by atoms with van der Waals surface area (Å²) in [7, 11) is 0. The van der Waals surface area contributed by atoms with Crippen LogP contribution in [0.3, 0.4) is 0 Å². The molecule has 1 atom stereocenters. The first-order chi connectivity index (χ1) is 13.3. The highest BCUT2D eigenvalue weighted by atomic mass is 16.2. The van der Waals surface area contributed by atoms with Crippen LogP contribution in [0.4, 0.5) is 4.79 Å². The first kappa shape index (κ1) is 17.2. The summed E-state index contributed by atoms with van der Waals surface area (Å²) < 4.78 is 1.88. The Labute approximate surface area is 156 Å². The fraction of sp³-hybridized carbons (Fsp3) is 0.389. The van der Waals surface area contributed by atoms with Crippen LogP contribution < -0.4 is 5.32 Å². The van der Waals surface area contributed by atoms with Gasteiger partial charge in [-0.2, -0.15) is 10.2 Å². The Kier molecular flexibility index (Phi) is 5.08. The number of amides is 2. The summed E-state index contributed by atoms with van der Waals surface area (Å²) in [5.74, 6) is 1.35. The summed E-state index contributed by atoms with van der Waals surface area (Å²) in [5.41, 5.74) is 0.863. The van der Waals surface area contributed by atoms with Crippen LogP contribution in [0.5, 0.6) is 0 Å². The number of hydrogen-bond acceptors (Lipinski definition) is 5. The minimum absolute atomic E-state index is 0.0309. The van der Waals surface area contributed by atoms with Crippen molar-refractivity contribution in [3.05, 3.63) is 48.8 Å². The van der Waals surface area contributed by atoms with Gasteiger partial charge in [-0.25, -0.2) is 9.78 Å². The van der Waals surface area contributed by atoms with Gasteiger partial charge in [-0.05, 0) is 31.0 Å². The molecule has 0 aliphatic carbocycles. The second-order valence-corrected chi connectivity index (χ2v) is 6.55. The number of pyridine rings is 1. The van der Waals surface area contributed by atoms with Gasteiger partial charge < -0.3 is 10.2 Å². The molecule has 0 saturated carbocycles. The zero-order valence-electron chi connectivity index (χ0n) is 15.0. The van der Waals surface area contributed by atoms with Crippen molar-refractivity contribution in [3.8, 4) is 11.4 Å². The number of aromatic amines is 1. The lowest BCUT2D eigenvalue weighted by atomic mass is 10.2. The lowest BCUT2D eigenvalue weighted by Crippen LogP contribution is -2.45. The summed E-state index contributed by atoms with van der Waals surface area (Å²) in [6, 6.07) is 5.82. The first-order valence-electron chi connectivity index (χ1n) is 9.13. The van der Waals surface area contributed by atoms with Gasteiger partial charge in [-0.3, -0.25) is 14.8 Å². The number of hydrogen-bond donors (Lipinski definition) is 2. The van der Waals surface area contributed by atoms with Gasteiger partial charge in [0.05, 0.1) is 12.6 Å². The number of carbonyl (C=O) groups is 1. The van der Waals surface area contributed by atoms with Gasteiger partial charge >= 0.3 is 6.03 Å². The fourth-order valence-corrected chi connectivity index (χ4v) is 3.34. The van der Waals surface area contributed by atoms with E-state index in [1.165, 1.54) is 0 Å². The quantitative estimate of drug-likeness (QED) is 0.687. The van der Waals surface area contributed by atoms with E-state index in [9.17, 15) is 4.79 Å². The Hall–Kier alpha value is -3.23. The number of H-pyrrole nitrogens is 1. The van der Waals surface area contributed by atoms with E-state index in [4.69, 9.17) is 0 Å². The predicted octanol–water partition coefficient (Wildman–Crippen LogP) is 1.48. The van der Waals surface area contributed by atoms with E-state index in [2.05, 4.69) is 30.6 Å². The monoisotopic (exact) mass is 366 g/mol. The van der Waals surface area contributed by atoms with Crippen LogP contribution in [0.15, 0.2) is 43.0 Å². The van der Waals surface area contributed by atoms with Crippen LogP contribution in [-0.4, -0.2) is 60.0 Å². The van der Waals surface area contributed by atoms with Crippen LogP contribution in [0.25, 0.3) is 11.4 Å². The standard InChI is InChI=1S/C18H22N8O/c27-18(26-11-2-5-15(26)13-25-10-3-8-21-25)20-9-6-16-22-17(24-23-16)14-4-1-7-19-12-14/h1,3-4,7-8,10,12,15H,2,5-6,9,11,13H2,(H,20,27)(H,22,23,24). The lowest BCUT2D eigenvalue weighted by molar-refractivity contribution is 0.186. The van der Waals surface area contributed by atoms with Gasteiger partial charge in [0, 0.05) is 49.9 Å². The van der Waals surface area contributed by atoms with Gasteiger partial charge in [0.1, 0.15) is 5.82 Å². The fourth-order valence-electron chi connectivity index (χ4n) is 3.34. The average Bonchev–Trinajstić information content (AvgIpc) is 3.45. The zero-order valence-corrected chi connectivity index (χ0v) is 15.0. The van der Waals surface area contributed by atoms with Crippen molar-refractivity contribution in [2.45, 2.75) is 31.8 Å². The molecule has 1 saturated heterocycles. The molecule has 2 amide bonds. The van der Waals surface area contributed by atoms with Crippen LogP contribution in [0, 0.1) is 0 Å². The van der Waals surface area contributed by atoms with Crippen LogP contribution in [0.1, 0.15) is 18.7 Å². The van der Waals surface area contributed by atoms with Gasteiger partial charge in [-0.1, -0.05) is 0 Å². The second-order valence-electron chi connectivity index (χ2n) is 6.55. The molecule has 27 heavy (non-hydrogen) atoms. The number of carbonyl (C=O) groups excluding carboxylic acids is 1. The molecular weight excluding hydrogens is 344 g/mol. The summed E-state index contributed by atoms with van der Waals surface area (Å²) in [6.07, 6.45) is 9.75. The zero-order chi connectivity index (χ0) is 18.5. The molecule has 4 heterocycles. The molecule has 2 N–H and O–H groups in total.